The van der Waals surface area contributed by atoms with Crippen LogP contribution in [0.2, 0.25) is 10.0 Å². The van der Waals surface area contributed by atoms with E-state index in [0.717, 1.165) is 42.0 Å². The van der Waals surface area contributed by atoms with Gasteiger partial charge in [0.15, 0.2) is 17.0 Å². The molecule has 2 bridgehead atoms. The van der Waals surface area contributed by atoms with Gasteiger partial charge in [0.05, 0.1) is 20.8 Å². The molecule has 3 fully saturated rings. The fraction of sp³-hybridized carbons (Fsp3) is 0.378. The molecule has 3 aliphatic heterocycles. The van der Waals surface area contributed by atoms with Crippen LogP contribution in [0, 0.1) is 5.92 Å². The van der Waals surface area contributed by atoms with Crippen molar-refractivity contribution in [1.82, 2.24) is 10.2 Å². The van der Waals surface area contributed by atoms with Gasteiger partial charge in [-0.2, -0.15) is 0 Å². The first-order chi connectivity index (χ1) is 24.6. The zero-order valence-corrected chi connectivity index (χ0v) is 30.5. The van der Waals surface area contributed by atoms with Crippen LogP contribution in [0.3, 0.4) is 0 Å². The highest BCUT2D eigenvalue weighted by Crippen LogP contribution is 2.41. The Labute approximate surface area is 309 Å². The van der Waals surface area contributed by atoms with Crippen LogP contribution in [0.15, 0.2) is 67.0 Å². The van der Waals surface area contributed by atoms with Crippen molar-refractivity contribution in [2.45, 2.75) is 43.4 Å². The van der Waals surface area contributed by atoms with E-state index in [-0.39, 0.29) is 39.9 Å². The number of nitrogens with one attached hydrogen (secondary N) is 1. The minimum atomic E-state index is -1.60. The number of carbonyl (C=O) groups excluding carboxylic acids is 1. The molecular weight excluding hydrogens is 717 g/mol. The highest BCUT2D eigenvalue weighted by atomic mass is 35.5. The number of carboxylic acids is 1. The number of aromatic carboxylic acids is 1. The van der Waals surface area contributed by atoms with Crippen LogP contribution in [-0.2, 0) is 28.0 Å². The van der Waals surface area contributed by atoms with Crippen LogP contribution in [0.5, 0.6) is 11.5 Å². The second-order valence-corrected chi connectivity index (χ2v) is 14.8. The molecule has 0 amide bonds. The molecule has 14 heteroatoms. The highest BCUT2D eigenvalue weighted by Gasteiger charge is 2.45. The smallest absolute Gasteiger partial charge is 0.346 e. The summed E-state index contributed by atoms with van der Waals surface area (Å²) in [5.41, 5.74) is 0.620. The fourth-order valence-corrected chi connectivity index (χ4v) is 8.74. The molecule has 51 heavy (non-hydrogen) atoms. The van der Waals surface area contributed by atoms with Crippen LogP contribution in [0.4, 0.5) is 0 Å². The van der Waals surface area contributed by atoms with Crippen LogP contribution >= 0.6 is 34.5 Å². The SMILES string of the molecule is COc1ccc([C@H](Cc2c(Cl)c[n+](O)cc2Cl)c2cc(CNC(CO)(C(=O)O[C@H]3CN4CCC3CC4)c3ccccc3)sc2C(=O)O)cc1OC. The second kappa shape index (κ2) is 15.8. The Hall–Kier alpha value is -3.91. The number of aromatic nitrogens is 1. The van der Waals surface area contributed by atoms with Gasteiger partial charge < -0.3 is 24.4 Å². The van der Waals surface area contributed by atoms with Crippen molar-refractivity contribution in [2.75, 3.05) is 40.5 Å². The molecule has 7 rings (SSSR count). The van der Waals surface area contributed by atoms with E-state index < -0.39 is 30.0 Å². The average Bonchev–Trinajstić information content (AvgIpc) is 3.57. The lowest BCUT2D eigenvalue weighted by Crippen LogP contribution is -2.57. The molecule has 4 N–H and O–H groups in total. The van der Waals surface area contributed by atoms with Gasteiger partial charge in [-0.3, -0.25) is 15.4 Å². The number of rotatable bonds is 14. The molecule has 0 aliphatic carbocycles. The van der Waals surface area contributed by atoms with Crippen LogP contribution in [0.25, 0.3) is 0 Å². The third-order valence-electron chi connectivity index (χ3n) is 9.94. The number of piperidine rings is 3. The number of methoxy groups -OCH3 is 2. The van der Waals surface area contributed by atoms with Gasteiger partial charge in [-0.15, -0.1) is 11.3 Å². The van der Waals surface area contributed by atoms with Gasteiger partial charge in [0, 0.05) is 34.2 Å². The maximum atomic E-state index is 14.1. The normalized spacial score (nSPS) is 20.0. The second-order valence-electron chi connectivity index (χ2n) is 12.9. The molecule has 11 nitrogen and oxygen atoms in total. The number of hydrogen-bond acceptors (Lipinski definition) is 10. The Morgan fingerprint density at radius 1 is 1.04 bits per heavy atom. The third-order valence-corrected chi connectivity index (χ3v) is 11.7. The summed E-state index contributed by atoms with van der Waals surface area (Å²) in [5.74, 6) is -1.09. The number of carbonyl (C=O) groups is 2. The maximum absolute atomic E-state index is 14.1. The van der Waals surface area contributed by atoms with Crippen molar-refractivity contribution in [3.8, 4) is 11.5 Å². The Morgan fingerprint density at radius 2 is 1.73 bits per heavy atom. The molecule has 0 spiro atoms. The van der Waals surface area contributed by atoms with Crippen molar-refractivity contribution in [2.24, 2.45) is 5.92 Å². The van der Waals surface area contributed by atoms with Gasteiger partial charge in [0.25, 0.3) is 0 Å². The first-order valence-corrected chi connectivity index (χ1v) is 18.1. The molecule has 2 aromatic heterocycles. The number of fused-ring (bicyclic) bond motifs is 3. The van der Waals surface area contributed by atoms with Crippen molar-refractivity contribution in [3.63, 3.8) is 0 Å². The average molecular weight is 758 g/mol. The Bertz CT molecular complexity index is 1860. The van der Waals surface area contributed by atoms with E-state index in [1.807, 2.05) is 12.1 Å². The quantitative estimate of drug-likeness (QED) is 0.0763. The summed E-state index contributed by atoms with van der Waals surface area (Å²) < 4.78 is 17.9. The molecule has 4 aromatic rings. The minimum Gasteiger partial charge on any atom is -0.493 e. The largest absolute Gasteiger partial charge is 0.493 e. The van der Waals surface area contributed by atoms with Gasteiger partial charge in [0.1, 0.15) is 21.0 Å². The number of carboxylic acid groups (broad SMARTS) is 1. The van der Waals surface area contributed by atoms with Gasteiger partial charge in [-0.05, 0) is 73.2 Å². The number of esters is 1. The predicted molar refractivity (Wildman–Crippen MR) is 191 cm³/mol. The lowest BCUT2D eigenvalue weighted by atomic mass is 9.85. The van der Waals surface area contributed by atoms with Crippen molar-refractivity contribution < 1.29 is 44.0 Å². The number of benzene rings is 2. The summed E-state index contributed by atoms with van der Waals surface area (Å²) in [7, 11) is 3.04. The molecule has 2 aromatic carbocycles. The van der Waals surface area contributed by atoms with E-state index in [1.165, 1.54) is 26.6 Å². The first-order valence-electron chi connectivity index (χ1n) is 16.6. The first kappa shape index (κ1) is 36.9. The number of hydrogen-bond donors (Lipinski definition) is 4. The summed E-state index contributed by atoms with van der Waals surface area (Å²) in [5, 5.41) is 35.1. The zero-order valence-electron chi connectivity index (χ0n) is 28.2. The van der Waals surface area contributed by atoms with E-state index in [2.05, 4.69) is 10.2 Å². The van der Waals surface area contributed by atoms with Crippen LogP contribution < -0.4 is 19.5 Å². The number of nitrogens with zero attached hydrogens (tertiary/aromatic N) is 2. The summed E-state index contributed by atoms with van der Waals surface area (Å²) >= 11 is 14.2. The Kier molecular flexibility index (Phi) is 11.4. The third kappa shape index (κ3) is 7.67. The van der Waals surface area contributed by atoms with E-state index in [1.54, 1.807) is 42.5 Å². The molecule has 0 radical (unpaired) electrons. The fourth-order valence-electron chi connectivity index (χ4n) is 7.13. The molecule has 3 atom stereocenters. The van der Waals surface area contributed by atoms with E-state index in [0.29, 0.717) is 45.2 Å². The van der Waals surface area contributed by atoms with Crippen LogP contribution in [0.1, 0.15) is 55.6 Å². The molecular formula is C37H40Cl2N3O8S+. The lowest BCUT2D eigenvalue weighted by molar-refractivity contribution is -0.904. The number of pyridine rings is 1. The highest BCUT2D eigenvalue weighted by molar-refractivity contribution is 7.14. The number of aliphatic hydroxyl groups is 1. The monoisotopic (exact) mass is 756 g/mol. The van der Waals surface area contributed by atoms with E-state index in [9.17, 15) is 25.0 Å². The number of aliphatic hydroxyl groups excluding tert-OH is 1. The Morgan fingerprint density at radius 3 is 2.31 bits per heavy atom. The van der Waals surface area contributed by atoms with E-state index in [4.69, 9.17) is 37.4 Å². The standard InChI is InChI=1S/C37H39Cl2N3O8S/c1-48-31-9-8-23(14-32(31)49-2)26(16-28-29(38)18-42(47)19-30(28)39)27-15-25(51-34(27)35(44)45)17-40-37(21-43,24-6-4-3-5-7-24)36(46)50-33-20-41-12-10-22(33)11-13-41/h3-9,14-15,18-19,22,26,33,40,43H,10-13,16-17,20-21H2,1-2H3,(H-,44,45,47)/p+1/t26-,33-,37?/m0/s1. The van der Waals surface area contributed by atoms with Gasteiger partial charge in [-0.1, -0.05) is 59.6 Å². The molecule has 270 valence electrons. The minimum absolute atomic E-state index is 0.0474. The Balaban J connectivity index is 1.37. The lowest BCUT2D eigenvalue weighted by Gasteiger charge is -2.45. The zero-order chi connectivity index (χ0) is 36.3. The number of thiophene rings is 1. The van der Waals surface area contributed by atoms with Crippen molar-refractivity contribution in [3.05, 3.63) is 109 Å². The van der Waals surface area contributed by atoms with Crippen LogP contribution in [-0.4, -0.2) is 78.8 Å². The number of halogens is 2. The molecule has 3 saturated heterocycles. The van der Waals surface area contributed by atoms with Gasteiger partial charge in [0.2, 0.25) is 12.4 Å². The summed E-state index contributed by atoms with van der Waals surface area (Å²) in [6.07, 6.45) is 4.43. The van der Waals surface area contributed by atoms with Crippen molar-refractivity contribution in [1.29, 1.82) is 0 Å². The number of ether oxygens (including phenoxy) is 3. The predicted octanol–water partition coefficient (Wildman–Crippen LogP) is 5.28. The molecule has 5 heterocycles. The summed E-state index contributed by atoms with van der Waals surface area (Å²) in [6, 6.07) is 16.1. The van der Waals surface area contributed by atoms with Gasteiger partial charge in [-0.25, -0.2) is 9.59 Å². The van der Waals surface area contributed by atoms with Gasteiger partial charge >= 0.3 is 11.9 Å². The molecule has 3 aliphatic rings. The van der Waals surface area contributed by atoms with E-state index >= 15 is 0 Å². The van der Waals surface area contributed by atoms with Crippen molar-refractivity contribution >= 4 is 46.5 Å². The summed E-state index contributed by atoms with van der Waals surface area (Å²) in [6.45, 7) is 2.11. The summed E-state index contributed by atoms with van der Waals surface area (Å²) in [4.78, 5) is 29.9. The molecule has 0 saturated carbocycles. The maximum Gasteiger partial charge on any atom is 0.346 e. The topological polar surface area (TPSA) is 142 Å². The molecule has 1 unspecified atom stereocenters.